The van der Waals surface area contributed by atoms with Crippen molar-refractivity contribution in [2.24, 2.45) is 11.1 Å². The fourth-order valence-corrected chi connectivity index (χ4v) is 2.29. The van der Waals surface area contributed by atoms with E-state index >= 15 is 0 Å². The summed E-state index contributed by atoms with van der Waals surface area (Å²) in [5, 5.41) is 4.72. The van der Waals surface area contributed by atoms with E-state index in [2.05, 4.69) is 51.8 Å². The monoisotopic (exact) mass is 269 g/mol. The molecule has 18 heavy (non-hydrogen) atoms. The number of thiazole rings is 1. The molecule has 0 saturated heterocycles. The Balaban J connectivity index is 2.58. The third kappa shape index (κ3) is 3.77. The molecule has 0 aromatic carbocycles. The Bertz CT molecular complexity index is 377. The minimum absolute atomic E-state index is 0.0477. The van der Waals surface area contributed by atoms with E-state index in [4.69, 9.17) is 5.73 Å². The average molecular weight is 269 g/mol. The zero-order valence-electron chi connectivity index (χ0n) is 12.5. The van der Waals surface area contributed by atoms with Crippen LogP contribution in [0.1, 0.15) is 57.5 Å². The van der Waals surface area contributed by atoms with E-state index in [9.17, 15) is 0 Å². The molecule has 1 atom stereocenters. The van der Waals surface area contributed by atoms with Crippen LogP contribution in [0.2, 0.25) is 0 Å². The molecular formula is C14H27N3S. The van der Waals surface area contributed by atoms with Gasteiger partial charge in [-0.1, -0.05) is 20.8 Å². The summed E-state index contributed by atoms with van der Waals surface area (Å²) in [6.07, 6.45) is 3.04. The third-order valence-corrected chi connectivity index (χ3v) is 5.21. The van der Waals surface area contributed by atoms with Crippen molar-refractivity contribution in [1.82, 2.24) is 10.3 Å². The maximum absolute atomic E-state index is 6.21. The molecule has 0 saturated carbocycles. The summed E-state index contributed by atoms with van der Waals surface area (Å²) < 4.78 is 0. The number of hydrogen-bond donors (Lipinski definition) is 2. The Labute approximate surface area is 115 Å². The molecule has 4 heteroatoms. The van der Waals surface area contributed by atoms with E-state index < -0.39 is 0 Å². The Morgan fingerprint density at radius 2 is 2.00 bits per heavy atom. The van der Waals surface area contributed by atoms with Crippen molar-refractivity contribution in [3.8, 4) is 0 Å². The topological polar surface area (TPSA) is 50.9 Å². The number of nitrogens with two attached hydrogens (primary N) is 1. The summed E-state index contributed by atoms with van der Waals surface area (Å²) in [7, 11) is 0. The zero-order chi connectivity index (χ0) is 14.0. The first-order valence-electron chi connectivity index (χ1n) is 6.64. The number of rotatable bonds is 6. The molecule has 0 amide bonds. The quantitative estimate of drug-likeness (QED) is 0.834. The van der Waals surface area contributed by atoms with E-state index in [1.807, 2.05) is 6.20 Å². The number of hydrogen-bond acceptors (Lipinski definition) is 4. The summed E-state index contributed by atoms with van der Waals surface area (Å²) in [6.45, 7) is 13.8. The van der Waals surface area contributed by atoms with Crippen LogP contribution in [0, 0.1) is 5.41 Å². The SMILES string of the molecule is CCc1cnc(C(C)NCC(C)(C)C(C)(C)N)s1. The van der Waals surface area contributed by atoms with E-state index in [0.29, 0.717) is 0 Å². The van der Waals surface area contributed by atoms with Gasteiger partial charge in [0.25, 0.3) is 0 Å². The van der Waals surface area contributed by atoms with Gasteiger partial charge in [0.1, 0.15) is 5.01 Å². The lowest BCUT2D eigenvalue weighted by atomic mass is 9.75. The Hall–Kier alpha value is -0.450. The van der Waals surface area contributed by atoms with Gasteiger partial charge in [-0.05, 0) is 32.6 Å². The second kappa shape index (κ2) is 5.68. The molecule has 0 bridgehead atoms. The Kier molecular flexibility index (Phi) is 4.92. The highest BCUT2D eigenvalue weighted by Crippen LogP contribution is 2.28. The summed E-state index contributed by atoms with van der Waals surface area (Å²) >= 11 is 1.79. The van der Waals surface area contributed by atoms with E-state index in [1.54, 1.807) is 11.3 Å². The highest BCUT2D eigenvalue weighted by atomic mass is 32.1. The molecule has 0 spiro atoms. The Morgan fingerprint density at radius 1 is 1.39 bits per heavy atom. The first-order valence-corrected chi connectivity index (χ1v) is 7.46. The van der Waals surface area contributed by atoms with E-state index in [0.717, 1.165) is 18.0 Å². The minimum atomic E-state index is -0.197. The highest BCUT2D eigenvalue weighted by Gasteiger charge is 2.33. The van der Waals surface area contributed by atoms with Crippen LogP contribution in [-0.2, 0) is 6.42 Å². The van der Waals surface area contributed by atoms with Crippen molar-refractivity contribution < 1.29 is 0 Å². The normalized spacial score (nSPS) is 14.8. The van der Waals surface area contributed by atoms with Crippen LogP contribution in [0.15, 0.2) is 6.20 Å². The van der Waals surface area contributed by atoms with Crippen molar-refractivity contribution in [2.45, 2.75) is 59.5 Å². The highest BCUT2D eigenvalue weighted by molar-refractivity contribution is 7.11. The molecule has 1 unspecified atom stereocenters. The third-order valence-electron chi connectivity index (χ3n) is 3.88. The number of aromatic nitrogens is 1. The molecule has 0 aliphatic carbocycles. The standard InChI is InChI=1S/C14H27N3S/c1-7-11-8-16-12(18-11)10(2)17-9-13(3,4)14(5,6)15/h8,10,17H,7,9,15H2,1-6H3. The van der Waals surface area contributed by atoms with Gasteiger partial charge in [0.15, 0.2) is 0 Å². The first-order chi connectivity index (χ1) is 8.17. The molecule has 1 aromatic heterocycles. The van der Waals surface area contributed by atoms with E-state index in [1.165, 1.54) is 4.88 Å². The van der Waals surface area contributed by atoms with Crippen molar-refractivity contribution >= 4 is 11.3 Å². The van der Waals surface area contributed by atoms with Gasteiger partial charge in [0.05, 0.1) is 6.04 Å². The van der Waals surface area contributed by atoms with Crippen molar-refractivity contribution in [2.75, 3.05) is 6.54 Å². The summed E-state index contributed by atoms with van der Waals surface area (Å²) in [6, 6.07) is 0.289. The minimum Gasteiger partial charge on any atom is -0.325 e. The number of nitrogens with one attached hydrogen (secondary N) is 1. The molecular weight excluding hydrogens is 242 g/mol. The fraction of sp³-hybridized carbons (Fsp3) is 0.786. The van der Waals surface area contributed by atoms with Crippen molar-refractivity contribution in [1.29, 1.82) is 0 Å². The van der Waals surface area contributed by atoms with Crippen molar-refractivity contribution in [3.63, 3.8) is 0 Å². The molecule has 0 aliphatic rings. The maximum atomic E-state index is 6.21. The van der Waals surface area contributed by atoms with Gasteiger partial charge in [0.2, 0.25) is 0 Å². The molecule has 0 fully saturated rings. The number of nitrogens with zero attached hydrogens (tertiary/aromatic N) is 1. The zero-order valence-corrected chi connectivity index (χ0v) is 13.3. The van der Waals surface area contributed by atoms with Gasteiger partial charge in [-0.25, -0.2) is 4.98 Å². The second-order valence-electron chi connectivity index (χ2n) is 6.23. The van der Waals surface area contributed by atoms with Gasteiger partial charge >= 0.3 is 0 Å². The second-order valence-corrected chi connectivity index (χ2v) is 7.37. The van der Waals surface area contributed by atoms with Crippen LogP contribution in [0.25, 0.3) is 0 Å². The van der Waals surface area contributed by atoms with Crippen LogP contribution in [0.5, 0.6) is 0 Å². The van der Waals surface area contributed by atoms with Gasteiger partial charge in [-0.2, -0.15) is 0 Å². The summed E-state index contributed by atoms with van der Waals surface area (Å²) in [5.41, 5.74) is 6.06. The molecule has 0 aliphatic heterocycles. The lowest BCUT2D eigenvalue weighted by molar-refractivity contribution is 0.189. The maximum Gasteiger partial charge on any atom is 0.109 e. The first kappa shape index (κ1) is 15.6. The van der Waals surface area contributed by atoms with Crippen LogP contribution >= 0.6 is 11.3 Å². The molecule has 0 radical (unpaired) electrons. The molecule has 1 rings (SSSR count). The summed E-state index contributed by atoms with van der Waals surface area (Å²) in [4.78, 5) is 5.82. The average Bonchev–Trinajstić information content (AvgIpc) is 2.73. The van der Waals surface area contributed by atoms with Crippen LogP contribution < -0.4 is 11.1 Å². The molecule has 104 valence electrons. The van der Waals surface area contributed by atoms with Crippen molar-refractivity contribution in [3.05, 3.63) is 16.1 Å². The van der Waals surface area contributed by atoms with Gasteiger partial charge in [0, 0.05) is 23.2 Å². The van der Waals surface area contributed by atoms with E-state index in [-0.39, 0.29) is 17.0 Å². The van der Waals surface area contributed by atoms with Gasteiger partial charge in [-0.3, -0.25) is 0 Å². The lowest BCUT2D eigenvalue weighted by Gasteiger charge is -2.39. The summed E-state index contributed by atoms with van der Waals surface area (Å²) in [5.74, 6) is 0. The predicted molar refractivity (Wildman–Crippen MR) is 80.0 cm³/mol. The number of aryl methyl sites for hydroxylation is 1. The Morgan fingerprint density at radius 3 is 2.44 bits per heavy atom. The molecule has 3 nitrogen and oxygen atoms in total. The fourth-order valence-electron chi connectivity index (χ4n) is 1.41. The molecule has 1 aromatic rings. The molecule has 1 heterocycles. The smallest absolute Gasteiger partial charge is 0.109 e. The van der Waals surface area contributed by atoms with Crippen LogP contribution in [0.4, 0.5) is 0 Å². The predicted octanol–water partition coefficient (Wildman–Crippen LogP) is 3.12. The van der Waals surface area contributed by atoms with Gasteiger partial charge in [-0.15, -0.1) is 11.3 Å². The lowest BCUT2D eigenvalue weighted by Crippen LogP contribution is -2.52. The largest absolute Gasteiger partial charge is 0.325 e. The molecule has 3 N–H and O–H groups in total. The van der Waals surface area contributed by atoms with Crippen LogP contribution in [-0.4, -0.2) is 17.1 Å². The van der Waals surface area contributed by atoms with Gasteiger partial charge < -0.3 is 11.1 Å². The van der Waals surface area contributed by atoms with Crippen LogP contribution in [0.3, 0.4) is 0 Å².